The number of aryl methyl sites for hydroxylation is 2. The highest BCUT2D eigenvalue weighted by molar-refractivity contribution is 6.04. The van der Waals surface area contributed by atoms with Crippen molar-refractivity contribution in [3.63, 3.8) is 0 Å². The lowest BCUT2D eigenvalue weighted by Gasteiger charge is -2.15. The molecule has 0 aliphatic carbocycles. The van der Waals surface area contributed by atoms with Gasteiger partial charge in [-0.05, 0) is 50.5 Å². The monoisotopic (exact) mass is 338 g/mol. The second-order valence-electron chi connectivity index (χ2n) is 6.48. The zero-order valence-electron chi connectivity index (χ0n) is 15.3. The molecule has 2 rings (SSSR count). The van der Waals surface area contributed by atoms with Gasteiger partial charge < -0.3 is 10.6 Å². The molecule has 0 saturated carbocycles. The predicted molar refractivity (Wildman–Crippen MR) is 102 cm³/mol. The molecule has 0 aliphatic rings. The van der Waals surface area contributed by atoms with Crippen molar-refractivity contribution in [3.05, 3.63) is 64.7 Å². The molecule has 0 saturated heterocycles. The van der Waals surface area contributed by atoms with Crippen LogP contribution in [0.2, 0.25) is 0 Å². The van der Waals surface area contributed by atoms with Crippen LogP contribution in [0.3, 0.4) is 0 Å². The minimum Gasteiger partial charge on any atom is -0.350 e. The molecule has 2 aromatic rings. The van der Waals surface area contributed by atoms with E-state index in [1.165, 1.54) is 5.56 Å². The van der Waals surface area contributed by atoms with Crippen molar-refractivity contribution < 1.29 is 9.59 Å². The lowest BCUT2D eigenvalue weighted by atomic mass is 10.0. The number of carbonyl (C=O) groups excluding carboxylic acids is 2. The average Bonchev–Trinajstić information content (AvgIpc) is 2.57. The number of hydrogen-bond donors (Lipinski definition) is 2. The average molecular weight is 338 g/mol. The third kappa shape index (κ3) is 5.18. The van der Waals surface area contributed by atoms with E-state index in [0.29, 0.717) is 11.3 Å². The number of carbonyl (C=O) groups is 2. The van der Waals surface area contributed by atoms with Crippen LogP contribution in [0.25, 0.3) is 0 Å². The van der Waals surface area contributed by atoms with Gasteiger partial charge in [0, 0.05) is 6.04 Å². The first-order valence-corrected chi connectivity index (χ1v) is 8.66. The molecule has 0 heterocycles. The van der Waals surface area contributed by atoms with Crippen molar-refractivity contribution in [2.45, 2.75) is 46.6 Å². The smallest absolute Gasteiger partial charge is 0.253 e. The standard InChI is InChI=1S/C21H26N2O2/c1-5-16(4)22-21(25)18-8-6-7-9-19(18)23-20(24)13-17-11-10-14(2)12-15(17)3/h6-12,16H,5,13H2,1-4H3,(H,22,25)(H,23,24)/t16-/m0/s1. The lowest BCUT2D eigenvalue weighted by Crippen LogP contribution is -2.32. The highest BCUT2D eigenvalue weighted by Crippen LogP contribution is 2.17. The van der Waals surface area contributed by atoms with Crippen LogP contribution in [0, 0.1) is 13.8 Å². The molecule has 1 atom stereocenters. The van der Waals surface area contributed by atoms with E-state index in [1.807, 2.05) is 45.9 Å². The summed E-state index contributed by atoms with van der Waals surface area (Å²) in [6.07, 6.45) is 1.14. The summed E-state index contributed by atoms with van der Waals surface area (Å²) in [7, 11) is 0. The molecule has 0 bridgehead atoms. The van der Waals surface area contributed by atoms with Gasteiger partial charge in [-0.15, -0.1) is 0 Å². The second-order valence-corrected chi connectivity index (χ2v) is 6.48. The Hall–Kier alpha value is -2.62. The van der Waals surface area contributed by atoms with Crippen molar-refractivity contribution in [2.24, 2.45) is 0 Å². The number of benzene rings is 2. The Kier molecular flexibility index (Phi) is 6.34. The maximum absolute atomic E-state index is 12.4. The quantitative estimate of drug-likeness (QED) is 0.836. The SMILES string of the molecule is CC[C@H](C)NC(=O)c1ccccc1NC(=O)Cc1ccc(C)cc1C. The molecule has 0 radical (unpaired) electrons. The normalized spacial score (nSPS) is 11.7. The third-order valence-corrected chi connectivity index (χ3v) is 4.28. The van der Waals surface area contributed by atoms with Crippen LogP contribution >= 0.6 is 0 Å². The fraction of sp³-hybridized carbons (Fsp3) is 0.333. The van der Waals surface area contributed by atoms with E-state index >= 15 is 0 Å². The van der Waals surface area contributed by atoms with Crippen LogP contribution < -0.4 is 10.6 Å². The van der Waals surface area contributed by atoms with Gasteiger partial charge in [0.15, 0.2) is 0 Å². The number of nitrogens with one attached hydrogen (secondary N) is 2. The molecular formula is C21H26N2O2. The topological polar surface area (TPSA) is 58.2 Å². The molecule has 0 spiro atoms. The Morgan fingerprint density at radius 2 is 1.80 bits per heavy atom. The summed E-state index contributed by atoms with van der Waals surface area (Å²) in [6, 6.07) is 13.2. The van der Waals surface area contributed by atoms with Crippen LogP contribution in [0.1, 0.15) is 47.3 Å². The molecule has 2 N–H and O–H groups in total. The van der Waals surface area contributed by atoms with Gasteiger partial charge in [-0.1, -0.05) is 42.8 Å². The van der Waals surface area contributed by atoms with Crippen molar-refractivity contribution in [2.75, 3.05) is 5.32 Å². The summed E-state index contributed by atoms with van der Waals surface area (Å²) >= 11 is 0. The molecular weight excluding hydrogens is 312 g/mol. The molecule has 132 valence electrons. The van der Waals surface area contributed by atoms with E-state index in [2.05, 4.69) is 16.7 Å². The molecule has 0 fully saturated rings. The van der Waals surface area contributed by atoms with Gasteiger partial charge in [0.2, 0.25) is 5.91 Å². The largest absolute Gasteiger partial charge is 0.350 e. The second kappa shape index (κ2) is 8.47. The fourth-order valence-corrected chi connectivity index (χ4v) is 2.61. The van der Waals surface area contributed by atoms with E-state index in [-0.39, 0.29) is 24.3 Å². The van der Waals surface area contributed by atoms with Crippen molar-refractivity contribution in [1.82, 2.24) is 5.32 Å². The van der Waals surface area contributed by atoms with Crippen LogP contribution in [0.4, 0.5) is 5.69 Å². The van der Waals surface area contributed by atoms with E-state index in [4.69, 9.17) is 0 Å². The van der Waals surface area contributed by atoms with Crippen molar-refractivity contribution in [3.8, 4) is 0 Å². The predicted octanol–water partition coefficient (Wildman–Crippen LogP) is 4.01. The Labute approximate surface area is 149 Å². The first-order valence-electron chi connectivity index (χ1n) is 8.66. The highest BCUT2D eigenvalue weighted by Gasteiger charge is 2.15. The van der Waals surface area contributed by atoms with Crippen molar-refractivity contribution in [1.29, 1.82) is 0 Å². The molecule has 4 heteroatoms. The first kappa shape index (κ1) is 18.7. The van der Waals surface area contributed by atoms with E-state index < -0.39 is 0 Å². The molecule has 0 aromatic heterocycles. The number of hydrogen-bond acceptors (Lipinski definition) is 2. The fourth-order valence-electron chi connectivity index (χ4n) is 2.61. The maximum atomic E-state index is 12.4. The Morgan fingerprint density at radius 1 is 1.08 bits per heavy atom. The Morgan fingerprint density at radius 3 is 2.48 bits per heavy atom. The van der Waals surface area contributed by atoms with Gasteiger partial charge in [0.1, 0.15) is 0 Å². The number of rotatable bonds is 6. The summed E-state index contributed by atoms with van der Waals surface area (Å²) in [5.74, 6) is -0.299. The maximum Gasteiger partial charge on any atom is 0.253 e. The summed E-state index contributed by atoms with van der Waals surface area (Å²) in [4.78, 5) is 24.8. The summed E-state index contributed by atoms with van der Waals surface area (Å²) in [5, 5.41) is 5.81. The summed E-state index contributed by atoms with van der Waals surface area (Å²) in [5.41, 5.74) is 4.28. The molecule has 0 aliphatic heterocycles. The van der Waals surface area contributed by atoms with Gasteiger partial charge >= 0.3 is 0 Å². The van der Waals surface area contributed by atoms with Crippen LogP contribution in [-0.2, 0) is 11.2 Å². The van der Waals surface area contributed by atoms with E-state index in [0.717, 1.165) is 17.5 Å². The first-order chi connectivity index (χ1) is 11.9. The molecule has 2 aromatic carbocycles. The minimum atomic E-state index is -0.170. The molecule has 25 heavy (non-hydrogen) atoms. The lowest BCUT2D eigenvalue weighted by molar-refractivity contribution is -0.115. The van der Waals surface area contributed by atoms with Gasteiger partial charge in [0.05, 0.1) is 17.7 Å². The highest BCUT2D eigenvalue weighted by atomic mass is 16.2. The Balaban J connectivity index is 2.11. The zero-order chi connectivity index (χ0) is 18.4. The number of anilines is 1. The molecule has 2 amide bonds. The third-order valence-electron chi connectivity index (χ3n) is 4.28. The number of para-hydroxylation sites is 1. The van der Waals surface area contributed by atoms with E-state index in [1.54, 1.807) is 18.2 Å². The molecule has 0 unspecified atom stereocenters. The zero-order valence-corrected chi connectivity index (χ0v) is 15.3. The van der Waals surface area contributed by atoms with Crippen molar-refractivity contribution >= 4 is 17.5 Å². The molecule has 4 nitrogen and oxygen atoms in total. The van der Waals surface area contributed by atoms with Crippen LogP contribution in [0.5, 0.6) is 0 Å². The van der Waals surface area contributed by atoms with Crippen LogP contribution in [-0.4, -0.2) is 17.9 Å². The van der Waals surface area contributed by atoms with Crippen LogP contribution in [0.15, 0.2) is 42.5 Å². The van der Waals surface area contributed by atoms with Gasteiger partial charge in [-0.3, -0.25) is 9.59 Å². The minimum absolute atomic E-state index is 0.0893. The Bertz CT molecular complexity index is 768. The summed E-state index contributed by atoms with van der Waals surface area (Å²) in [6.45, 7) is 8.01. The number of amides is 2. The van der Waals surface area contributed by atoms with Gasteiger partial charge in [-0.2, -0.15) is 0 Å². The van der Waals surface area contributed by atoms with E-state index in [9.17, 15) is 9.59 Å². The van der Waals surface area contributed by atoms with Gasteiger partial charge in [0.25, 0.3) is 5.91 Å². The van der Waals surface area contributed by atoms with Gasteiger partial charge in [-0.25, -0.2) is 0 Å². The summed E-state index contributed by atoms with van der Waals surface area (Å²) < 4.78 is 0.